The van der Waals surface area contributed by atoms with E-state index in [9.17, 15) is 4.79 Å². The van der Waals surface area contributed by atoms with E-state index in [1.807, 2.05) is 19.9 Å². The van der Waals surface area contributed by atoms with Gasteiger partial charge >= 0.3 is 0 Å². The third kappa shape index (κ3) is 3.31. The van der Waals surface area contributed by atoms with Crippen molar-refractivity contribution in [2.24, 2.45) is 0 Å². The van der Waals surface area contributed by atoms with E-state index < -0.39 is 0 Å². The standard InChI is InChI=1S/C13H17N5O2/c1-8(2)11-16-12(18-17-11)13(19)15-7-9-4-5-10(20-3)14-6-9/h4-6,8H,7H2,1-3H3,(H,15,19)(H,16,17,18). The normalized spacial score (nSPS) is 10.6. The molecule has 0 aromatic carbocycles. The minimum absolute atomic E-state index is 0.148. The number of ether oxygens (including phenoxy) is 1. The van der Waals surface area contributed by atoms with Crippen LogP contribution in [0.5, 0.6) is 5.88 Å². The molecular formula is C13H17N5O2. The summed E-state index contributed by atoms with van der Waals surface area (Å²) < 4.78 is 4.97. The Labute approximate surface area is 116 Å². The van der Waals surface area contributed by atoms with E-state index in [1.165, 1.54) is 0 Å². The number of rotatable bonds is 5. The molecule has 106 valence electrons. The smallest absolute Gasteiger partial charge is 0.291 e. The third-order valence-electron chi connectivity index (χ3n) is 2.71. The maximum Gasteiger partial charge on any atom is 0.291 e. The van der Waals surface area contributed by atoms with E-state index in [0.29, 0.717) is 18.2 Å². The Bertz CT molecular complexity index is 577. The van der Waals surface area contributed by atoms with Gasteiger partial charge in [0.1, 0.15) is 5.82 Å². The quantitative estimate of drug-likeness (QED) is 0.857. The highest BCUT2D eigenvalue weighted by Gasteiger charge is 2.13. The molecule has 2 heterocycles. The molecule has 1 amide bonds. The van der Waals surface area contributed by atoms with E-state index in [2.05, 4.69) is 25.5 Å². The number of carbonyl (C=O) groups is 1. The number of aromatic nitrogens is 4. The number of carbonyl (C=O) groups excluding carboxylic acids is 1. The first-order valence-corrected chi connectivity index (χ1v) is 6.29. The zero-order valence-corrected chi connectivity index (χ0v) is 11.7. The topological polar surface area (TPSA) is 92.8 Å². The molecule has 0 spiro atoms. The predicted octanol–water partition coefficient (Wildman–Crippen LogP) is 1.26. The first-order valence-electron chi connectivity index (χ1n) is 6.29. The fraction of sp³-hybridized carbons (Fsp3) is 0.385. The van der Waals surface area contributed by atoms with Crippen LogP contribution in [-0.4, -0.2) is 33.2 Å². The summed E-state index contributed by atoms with van der Waals surface area (Å²) in [4.78, 5) is 20.1. The molecular weight excluding hydrogens is 258 g/mol. The van der Waals surface area contributed by atoms with Crippen molar-refractivity contribution >= 4 is 5.91 Å². The van der Waals surface area contributed by atoms with Crippen LogP contribution >= 0.6 is 0 Å². The van der Waals surface area contributed by atoms with E-state index in [-0.39, 0.29) is 17.6 Å². The molecule has 0 aliphatic carbocycles. The zero-order chi connectivity index (χ0) is 14.5. The van der Waals surface area contributed by atoms with Gasteiger partial charge < -0.3 is 10.1 Å². The number of hydrogen-bond donors (Lipinski definition) is 2. The number of methoxy groups -OCH3 is 1. The maximum atomic E-state index is 11.9. The van der Waals surface area contributed by atoms with Gasteiger partial charge in [0.2, 0.25) is 11.7 Å². The Kier molecular flexibility index (Phi) is 4.29. The molecule has 0 radical (unpaired) electrons. The molecule has 7 nitrogen and oxygen atoms in total. The molecule has 0 atom stereocenters. The van der Waals surface area contributed by atoms with Crippen LogP contribution in [0.25, 0.3) is 0 Å². The maximum absolute atomic E-state index is 11.9. The molecule has 2 aromatic rings. The highest BCUT2D eigenvalue weighted by Crippen LogP contribution is 2.08. The van der Waals surface area contributed by atoms with Crippen LogP contribution in [0.1, 0.15) is 41.8 Å². The number of hydrogen-bond acceptors (Lipinski definition) is 5. The number of aromatic amines is 1. The molecule has 0 saturated heterocycles. The van der Waals surface area contributed by atoms with Crippen molar-refractivity contribution in [1.82, 2.24) is 25.5 Å². The van der Waals surface area contributed by atoms with Crippen molar-refractivity contribution in [1.29, 1.82) is 0 Å². The van der Waals surface area contributed by atoms with Gasteiger partial charge in [-0.3, -0.25) is 9.89 Å². The lowest BCUT2D eigenvalue weighted by molar-refractivity contribution is 0.0941. The minimum atomic E-state index is -0.316. The van der Waals surface area contributed by atoms with Crippen LogP contribution < -0.4 is 10.1 Å². The summed E-state index contributed by atoms with van der Waals surface area (Å²) in [7, 11) is 1.55. The fourth-order valence-corrected chi connectivity index (χ4v) is 1.53. The van der Waals surface area contributed by atoms with Crippen LogP contribution in [0, 0.1) is 0 Å². The Morgan fingerprint density at radius 2 is 2.25 bits per heavy atom. The molecule has 2 rings (SSSR count). The molecule has 0 fully saturated rings. The summed E-state index contributed by atoms with van der Waals surface area (Å²) in [5, 5.41) is 9.38. The minimum Gasteiger partial charge on any atom is -0.481 e. The van der Waals surface area contributed by atoms with Crippen molar-refractivity contribution in [3.05, 3.63) is 35.5 Å². The average Bonchev–Trinajstić information content (AvgIpc) is 2.95. The summed E-state index contributed by atoms with van der Waals surface area (Å²) >= 11 is 0. The van der Waals surface area contributed by atoms with Gasteiger partial charge in [0.05, 0.1) is 7.11 Å². The fourth-order valence-electron chi connectivity index (χ4n) is 1.53. The van der Waals surface area contributed by atoms with E-state index in [4.69, 9.17) is 4.74 Å². The van der Waals surface area contributed by atoms with Crippen LogP contribution in [0.4, 0.5) is 0 Å². The summed E-state index contributed by atoms with van der Waals surface area (Å²) in [6.07, 6.45) is 1.65. The Hall–Kier alpha value is -2.44. The molecule has 0 unspecified atom stereocenters. The molecule has 7 heteroatoms. The molecule has 2 aromatic heterocycles. The first-order chi connectivity index (χ1) is 9.60. The van der Waals surface area contributed by atoms with Crippen molar-refractivity contribution in [3.8, 4) is 5.88 Å². The molecule has 2 N–H and O–H groups in total. The lowest BCUT2D eigenvalue weighted by atomic mass is 10.2. The van der Waals surface area contributed by atoms with E-state index in [1.54, 1.807) is 19.4 Å². The summed E-state index contributed by atoms with van der Waals surface area (Å²) in [6.45, 7) is 4.32. The third-order valence-corrected chi connectivity index (χ3v) is 2.71. The Morgan fingerprint density at radius 3 is 2.80 bits per heavy atom. The van der Waals surface area contributed by atoms with E-state index in [0.717, 1.165) is 5.56 Å². The first kappa shape index (κ1) is 14.0. The summed E-state index contributed by atoms with van der Waals surface area (Å²) in [5.41, 5.74) is 0.874. The number of nitrogens with one attached hydrogen (secondary N) is 2. The lowest BCUT2D eigenvalue weighted by Crippen LogP contribution is -2.24. The number of H-pyrrole nitrogens is 1. The molecule has 20 heavy (non-hydrogen) atoms. The average molecular weight is 275 g/mol. The van der Waals surface area contributed by atoms with Crippen molar-refractivity contribution in [3.63, 3.8) is 0 Å². The van der Waals surface area contributed by atoms with Gasteiger partial charge in [-0.2, -0.15) is 0 Å². The largest absolute Gasteiger partial charge is 0.481 e. The van der Waals surface area contributed by atoms with Crippen LogP contribution in [-0.2, 0) is 6.54 Å². The van der Waals surface area contributed by atoms with Gasteiger partial charge in [-0.15, -0.1) is 5.10 Å². The second-order valence-corrected chi connectivity index (χ2v) is 4.59. The second kappa shape index (κ2) is 6.14. The van der Waals surface area contributed by atoms with Gasteiger partial charge in [0.15, 0.2) is 0 Å². The van der Waals surface area contributed by atoms with Crippen LogP contribution in [0.2, 0.25) is 0 Å². The Morgan fingerprint density at radius 1 is 1.45 bits per heavy atom. The Balaban J connectivity index is 1.93. The van der Waals surface area contributed by atoms with Crippen molar-refractivity contribution in [2.75, 3.05) is 7.11 Å². The van der Waals surface area contributed by atoms with Crippen LogP contribution in [0.3, 0.4) is 0 Å². The van der Waals surface area contributed by atoms with Gasteiger partial charge in [-0.25, -0.2) is 9.97 Å². The van der Waals surface area contributed by atoms with Gasteiger partial charge in [0.25, 0.3) is 5.91 Å². The molecule has 0 aliphatic rings. The molecule has 0 bridgehead atoms. The highest BCUT2D eigenvalue weighted by molar-refractivity contribution is 5.90. The number of nitrogens with zero attached hydrogens (tertiary/aromatic N) is 3. The van der Waals surface area contributed by atoms with Gasteiger partial charge in [-0.05, 0) is 5.56 Å². The SMILES string of the molecule is COc1ccc(CNC(=O)c2n[nH]c(C(C)C)n2)cn1. The number of pyridine rings is 1. The highest BCUT2D eigenvalue weighted by atomic mass is 16.5. The summed E-state index contributed by atoms with van der Waals surface area (Å²) in [5.74, 6) is 1.27. The van der Waals surface area contributed by atoms with Crippen molar-refractivity contribution < 1.29 is 9.53 Å². The molecule has 0 aliphatic heterocycles. The van der Waals surface area contributed by atoms with Gasteiger partial charge in [-0.1, -0.05) is 19.9 Å². The second-order valence-electron chi connectivity index (χ2n) is 4.59. The lowest BCUT2D eigenvalue weighted by Gasteiger charge is -2.03. The van der Waals surface area contributed by atoms with Crippen molar-refractivity contribution in [2.45, 2.75) is 26.3 Å². The van der Waals surface area contributed by atoms with Crippen LogP contribution in [0.15, 0.2) is 18.3 Å². The van der Waals surface area contributed by atoms with Gasteiger partial charge in [0, 0.05) is 24.7 Å². The molecule has 0 saturated carbocycles. The monoisotopic (exact) mass is 275 g/mol. The summed E-state index contributed by atoms with van der Waals surface area (Å²) in [6, 6.07) is 3.58. The number of amides is 1. The zero-order valence-electron chi connectivity index (χ0n) is 11.7. The van der Waals surface area contributed by atoms with E-state index >= 15 is 0 Å². The predicted molar refractivity (Wildman–Crippen MR) is 72.4 cm³/mol.